The van der Waals surface area contributed by atoms with Crippen LogP contribution in [0.15, 0.2) is 24.3 Å². The molecule has 0 aromatic heterocycles. The molecule has 0 amide bonds. The molecule has 5 nitrogen and oxygen atoms in total. The molecule has 90 valence electrons. The van der Waals surface area contributed by atoms with Crippen LogP contribution in [0.5, 0.6) is 0 Å². The van der Waals surface area contributed by atoms with Crippen molar-refractivity contribution >= 4 is 23.7 Å². The number of anilines is 1. The highest BCUT2D eigenvalue weighted by Crippen LogP contribution is 2.15. The molecule has 0 saturated carbocycles. The Kier molecular flexibility index (Phi) is 4.28. The Balaban J connectivity index is 2.90. The predicted octanol–water partition coefficient (Wildman–Crippen LogP) is 1.54. The Labute approximate surface area is 98.5 Å². The van der Waals surface area contributed by atoms with Gasteiger partial charge in [0.15, 0.2) is 0 Å². The molecule has 0 unspecified atom stereocenters. The van der Waals surface area contributed by atoms with Crippen molar-refractivity contribution in [3.63, 3.8) is 0 Å². The topological polar surface area (TPSA) is 89.6 Å². The van der Waals surface area contributed by atoms with Crippen LogP contribution in [0.2, 0.25) is 0 Å². The van der Waals surface area contributed by atoms with Gasteiger partial charge in [-0.3, -0.25) is 4.79 Å². The van der Waals surface area contributed by atoms with Crippen LogP contribution in [0, 0.1) is 0 Å². The molecule has 3 N–H and O–H groups in total. The Morgan fingerprint density at radius 2 is 2.18 bits per heavy atom. The highest BCUT2D eigenvalue weighted by atomic mass is 16.5. The van der Waals surface area contributed by atoms with Crippen LogP contribution in [0.1, 0.15) is 22.3 Å². The molecule has 17 heavy (non-hydrogen) atoms. The lowest BCUT2D eigenvalue weighted by Gasteiger charge is -2.02. The molecule has 0 radical (unpaired) electrons. The summed E-state index contributed by atoms with van der Waals surface area (Å²) in [7, 11) is 1.29. The summed E-state index contributed by atoms with van der Waals surface area (Å²) in [6.45, 7) is 0. The fourth-order valence-corrected chi connectivity index (χ4v) is 1.27. The maximum Gasteiger partial charge on any atom is 0.336 e. The van der Waals surface area contributed by atoms with Gasteiger partial charge in [0, 0.05) is 5.69 Å². The van der Waals surface area contributed by atoms with E-state index >= 15 is 0 Å². The van der Waals surface area contributed by atoms with Gasteiger partial charge in [-0.15, -0.1) is 0 Å². The SMILES string of the molecule is COC(=O)CC=Cc1ccc(N)cc1C(=O)O. The van der Waals surface area contributed by atoms with E-state index in [4.69, 9.17) is 10.8 Å². The number of ether oxygens (including phenoxy) is 1. The summed E-state index contributed by atoms with van der Waals surface area (Å²) in [6, 6.07) is 4.57. The van der Waals surface area contributed by atoms with Gasteiger partial charge in [-0.25, -0.2) is 4.79 Å². The Hall–Kier alpha value is -2.30. The van der Waals surface area contributed by atoms with Crippen molar-refractivity contribution in [2.75, 3.05) is 12.8 Å². The van der Waals surface area contributed by atoms with E-state index in [1.54, 1.807) is 24.3 Å². The molecule has 1 rings (SSSR count). The number of aromatic carboxylic acids is 1. The van der Waals surface area contributed by atoms with Crippen LogP contribution in [0.3, 0.4) is 0 Å². The van der Waals surface area contributed by atoms with Crippen molar-refractivity contribution in [2.45, 2.75) is 6.42 Å². The van der Waals surface area contributed by atoms with Crippen LogP contribution >= 0.6 is 0 Å². The molecule has 0 spiro atoms. The second-order valence-corrected chi connectivity index (χ2v) is 3.33. The van der Waals surface area contributed by atoms with E-state index in [1.165, 1.54) is 13.2 Å². The number of carboxylic acid groups (broad SMARTS) is 1. The summed E-state index contributed by atoms with van der Waals surface area (Å²) in [4.78, 5) is 21.8. The molecule has 0 bridgehead atoms. The van der Waals surface area contributed by atoms with Crippen LogP contribution in [-0.4, -0.2) is 24.2 Å². The third kappa shape index (κ3) is 3.64. The first-order valence-corrected chi connectivity index (χ1v) is 4.90. The van der Waals surface area contributed by atoms with Crippen molar-refractivity contribution in [1.29, 1.82) is 0 Å². The van der Waals surface area contributed by atoms with Gasteiger partial charge >= 0.3 is 11.9 Å². The molecule has 0 aliphatic carbocycles. The van der Waals surface area contributed by atoms with Crippen LogP contribution in [-0.2, 0) is 9.53 Å². The van der Waals surface area contributed by atoms with E-state index in [2.05, 4.69) is 4.74 Å². The third-order valence-electron chi connectivity index (χ3n) is 2.12. The lowest BCUT2D eigenvalue weighted by atomic mass is 10.1. The standard InChI is InChI=1S/C12H13NO4/c1-17-11(14)4-2-3-8-5-6-9(13)7-10(8)12(15)16/h2-3,5-7H,4,13H2,1H3,(H,15,16). The second-order valence-electron chi connectivity index (χ2n) is 3.33. The van der Waals surface area contributed by atoms with Crippen molar-refractivity contribution in [1.82, 2.24) is 0 Å². The zero-order valence-electron chi connectivity index (χ0n) is 9.34. The quantitative estimate of drug-likeness (QED) is 0.610. The number of rotatable bonds is 4. The van der Waals surface area contributed by atoms with Crippen LogP contribution in [0.25, 0.3) is 6.08 Å². The first-order chi connectivity index (χ1) is 8.04. The fourth-order valence-electron chi connectivity index (χ4n) is 1.27. The molecule has 0 aliphatic rings. The Morgan fingerprint density at radius 1 is 1.47 bits per heavy atom. The number of carboxylic acids is 1. The average Bonchev–Trinajstić information content (AvgIpc) is 2.30. The Bertz CT molecular complexity index is 466. The van der Waals surface area contributed by atoms with Gasteiger partial charge in [0.1, 0.15) is 0 Å². The van der Waals surface area contributed by atoms with Gasteiger partial charge < -0.3 is 15.6 Å². The largest absolute Gasteiger partial charge is 0.478 e. The lowest BCUT2D eigenvalue weighted by molar-refractivity contribution is -0.139. The average molecular weight is 235 g/mol. The predicted molar refractivity (Wildman–Crippen MR) is 63.5 cm³/mol. The minimum Gasteiger partial charge on any atom is -0.478 e. The van der Waals surface area contributed by atoms with Gasteiger partial charge in [0.2, 0.25) is 0 Å². The zero-order chi connectivity index (χ0) is 12.8. The van der Waals surface area contributed by atoms with Crippen molar-refractivity contribution in [3.8, 4) is 0 Å². The number of methoxy groups -OCH3 is 1. The number of hydrogen-bond acceptors (Lipinski definition) is 4. The van der Waals surface area contributed by atoms with Crippen molar-refractivity contribution < 1.29 is 19.4 Å². The smallest absolute Gasteiger partial charge is 0.336 e. The van der Waals surface area contributed by atoms with Crippen molar-refractivity contribution in [2.24, 2.45) is 0 Å². The van der Waals surface area contributed by atoms with Gasteiger partial charge in [0.25, 0.3) is 0 Å². The van der Waals surface area contributed by atoms with Gasteiger partial charge in [-0.05, 0) is 17.7 Å². The number of benzene rings is 1. The maximum atomic E-state index is 10.9. The van der Waals surface area contributed by atoms with Gasteiger partial charge in [-0.2, -0.15) is 0 Å². The number of nitrogens with two attached hydrogens (primary N) is 1. The molecule has 0 saturated heterocycles. The normalized spacial score (nSPS) is 10.4. The summed E-state index contributed by atoms with van der Waals surface area (Å²) in [6.07, 6.45) is 3.20. The first kappa shape index (κ1) is 12.8. The van der Waals surface area contributed by atoms with E-state index in [1.807, 2.05) is 0 Å². The summed E-state index contributed by atoms with van der Waals surface area (Å²) in [5, 5.41) is 8.96. The van der Waals surface area contributed by atoms with Crippen molar-refractivity contribution in [3.05, 3.63) is 35.4 Å². The monoisotopic (exact) mass is 235 g/mol. The number of nitrogen functional groups attached to an aromatic ring is 1. The number of carbonyl (C=O) groups excluding carboxylic acids is 1. The molecular weight excluding hydrogens is 222 g/mol. The summed E-state index contributed by atoms with van der Waals surface area (Å²) < 4.78 is 4.46. The number of carbonyl (C=O) groups is 2. The van der Waals surface area contributed by atoms with E-state index in [9.17, 15) is 9.59 Å². The van der Waals surface area contributed by atoms with Crippen LogP contribution < -0.4 is 5.73 Å². The summed E-state index contributed by atoms with van der Waals surface area (Å²) in [5.41, 5.74) is 6.48. The molecule has 0 heterocycles. The Morgan fingerprint density at radius 3 is 2.76 bits per heavy atom. The minimum atomic E-state index is -1.06. The van der Waals surface area contributed by atoms with Gasteiger partial charge in [0.05, 0.1) is 19.1 Å². The fraction of sp³-hybridized carbons (Fsp3) is 0.167. The second kappa shape index (κ2) is 5.69. The van der Waals surface area contributed by atoms with E-state index in [0.717, 1.165) is 0 Å². The number of esters is 1. The molecule has 0 fully saturated rings. The maximum absolute atomic E-state index is 10.9. The van der Waals surface area contributed by atoms with Crippen LogP contribution in [0.4, 0.5) is 5.69 Å². The van der Waals surface area contributed by atoms with E-state index < -0.39 is 5.97 Å². The van der Waals surface area contributed by atoms with Gasteiger partial charge in [-0.1, -0.05) is 18.2 Å². The summed E-state index contributed by atoms with van der Waals surface area (Å²) >= 11 is 0. The highest BCUT2D eigenvalue weighted by Gasteiger charge is 2.08. The molecule has 5 heteroatoms. The minimum absolute atomic E-state index is 0.0972. The summed E-state index contributed by atoms with van der Waals surface area (Å²) in [5.74, 6) is -1.44. The number of hydrogen-bond donors (Lipinski definition) is 2. The molecule has 0 atom stereocenters. The molecule has 1 aromatic carbocycles. The zero-order valence-corrected chi connectivity index (χ0v) is 9.34. The van der Waals surface area contributed by atoms with E-state index in [0.29, 0.717) is 11.3 Å². The van der Waals surface area contributed by atoms with E-state index in [-0.39, 0.29) is 18.0 Å². The lowest BCUT2D eigenvalue weighted by Crippen LogP contribution is -2.01. The third-order valence-corrected chi connectivity index (χ3v) is 2.12. The highest BCUT2D eigenvalue weighted by molar-refractivity contribution is 5.93. The first-order valence-electron chi connectivity index (χ1n) is 4.90. The molecule has 1 aromatic rings. The molecule has 0 aliphatic heterocycles. The molecular formula is C12H13NO4.